The second-order valence-electron chi connectivity index (χ2n) is 6.66. The molecular weight excluding hydrogens is 354 g/mol. The summed E-state index contributed by atoms with van der Waals surface area (Å²) >= 11 is 0. The van der Waals surface area contributed by atoms with Crippen LogP contribution in [0.4, 0.5) is 5.69 Å². The summed E-state index contributed by atoms with van der Waals surface area (Å²) in [5.74, 6) is -1.11. The number of hydrogen-bond acceptors (Lipinski definition) is 5. The topological polar surface area (TPSA) is 73.7 Å². The van der Waals surface area contributed by atoms with Gasteiger partial charge < -0.3 is 14.9 Å². The Morgan fingerprint density at radius 2 is 1.57 bits per heavy atom. The molecule has 0 bridgehead atoms. The number of aliphatic carboxylic acids is 1. The summed E-state index contributed by atoms with van der Waals surface area (Å²) in [5, 5.41) is 8.71. The summed E-state index contributed by atoms with van der Waals surface area (Å²) in [6.07, 6.45) is 5.63. The van der Waals surface area contributed by atoms with Crippen molar-refractivity contribution in [3.8, 4) is 0 Å². The molecule has 2 aromatic rings. The van der Waals surface area contributed by atoms with Gasteiger partial charge in [0.05, 0.1) is 11.4 Å². The van der Waals surface area contributed by atoms with Gasteiger partial charge in [-0.2, -0.15) is 0 Å². The van der Waals surface area contributed by atoms with E-state index in [0.717, 1.165) is 37.9 Å². The maximum atomic E-state index is 12.8. The van der Waals surface area contributed by atoms with Crippen molar-refractivity contribution in [1.29, 1.82) is 0 Å². The third-order valence-corrected chi connectivity index (χ3v) is 4.61. The number of nitrogens with zero attached hydrogens (tertiary/aromatic N) is 3. The first kappa shape index (κ1) is 19.5. The molecule has 1 aliphatic heterocycles. The third kappa shape index (κ3) is 5.14. The fourth-order valence-electron chi connectivity index (χ4n) is 3.07. The Kier molecular flexibility index (Phi) is 6.34. The van der Waals surface area contributed by atoms with Crippen LogP contribution in [-0.4, -0.2) is 60.0 Å². The summed E-state index contributed by atoms with van der Waals surface area (Å²) in [7, 11) is 2.10. The number of ketones is 1. The van der Waals surface area contributed by atoms with E-state index >= 15 is 0 Å². The maximum absolute atomic E-state index is 12.8. The molecule has 0 radical (unpaired) electrons. The lowest BCUT2D eigenvalue weighted by Gasteiger charge is -2.34. The van der Waals surface area contributed by atoms with Gasteiger partial charge in [-0.1, -0.05) is 18.2 Å². The second-order valence-corrected chi connectivity index (χ2v) is 6.66. The molecule has 0 spiro atoms. The lowest BCUT2D eigenvalue weighted by molar-refractivity contribution is -0.131. The minimum Gasteiger partial charge on any atom is -0.478 e. The molecule has 0 atom stereocenters. The molecule has 6 heteroatoms. The Morgan fingerprint density at radius 3 is 2.25 bits per heavy atom. The van der Waals surface area contributed by atoms with Gasteiger partial charge in [0.1, 0.15) is 0 Å². The number of anilines is 1. The highest BCUT2D eigenvalue weighted by Gasteiger charge is 2.18. The van der Waals surface area contributed by atoms with E-state index in [1.807, 2.05) is 24.3 Å². The lowest BCUT2D eigenvalue weighted by Crippen LogP contribution is -2.44. The number of hydrogen-bond donors (Lipinski definition) is 1. The lowest BCUT2D eigenvalue weighted by atomic mass is 10.1. The van der Waals surface area contributed by atoms with Crippen LogP contribution in [0.3, 0.4) is 0 Å². The van der Waals surface area contributed by atoms with Crippen molar-refractivity contribution in [2.75, 3.05) is 38.1 Å². The molecule has 0 amide bonds. The Bertz CT molecular complexity index is 913. The number of benzene rings is 1. The highest BCUT2D eigenvalue weighted by atomic mass is 16.4. The van der Waals surface area contributed by atoms with Crippen LogP contribution in [0.2, 0.25) is 0 Å². The van der Waals surface area contributed by atoms with Gasteiger partial charge in [-0.05, 0) is 49.5 Å². The average Bonchev–Trinajstić information content (AvgIpc) is 2.71. The normalized spacial score (nSPS) is 15.4. The van der Waals surface area contributed by atoms with Crippen LogP contribution in [0.25, 0.3) is 12.2 Å². The van der Waals surface area contributed by atoms with Gasteiger partial charge in [0, 0.05) is 43.5 Å². The van der Waals surface area contributed by atoms with Gasteiger partial charge in [0.25, 0.3) is 0 Å². The number of pyridine rings is 1. The molecule has 3 rings (SSSR count). The van der Waals surface area contributed by atoms with Gasteiger partial charge in [-0.3, -0.25) is 4.79 Å². The highest BCUT2D eigenvalue weighted by molar-refractivity contribution is 6.10. The average molecular weight is 377 g/mol. The maximum Gasteiger partial charge on any atom is 0.328 e. The van der Waals surface area contributed by atoms with Gasteiger partial charge in [0.15, 0.2) is 5.78 Å². The van der Waals surface area contributed by atoms with Crippen LogP contribution < -0.4 is 4.90 Å². The number of carbonyl (C=O) groups excluding carboxylic acids is 1. The van der Waals surface area contributed by atoms with E-state index in [0.29, 0.717) is 17.0 Å². The van der Waals surface area contributed by atoms with Crippen LogP contribution in [0.1, 0.15) is 21.7 Å². The Balaban J connectivity index is 1.77. The predicted molar refractivity (Wildman–Crippen MR) is 110 cm³/mol. The monoisotopic (exact) mass is 377 g/mol. The largest absolute Gasteiger partial charge is 0.478 e. The zero-order valence-corrected chi connectivity index (χ0v) is 15.8. The van der Waals surface area contributed by atoms with E-state index in [4.69, 9.17) is 5.11 Å². The predicted octanol–water partition coefficient (Wildman–Crippen LogP) is 2.83. The van der Waals surface area contributed by atoms with E-state index in [2.05, 4.69) is 21.8 Å². The number of rotatable bonds is 6. The molecule has 0 aliphatic carbocycles. The molecule has 6 nitrogen and oxygen atoms in total. The van der Waals surface area contributed by atoms with E-state index < -0.39 is 5.97 Å². The summed E-state index contributed by atoms with van der Waals surface area (Å²) in [6.45, 7) is 3.73. The van der Waals surface area contributed by atoms with E-state index in [1.54, 1.807) is 24.3 Å². The van der Waals surface area contributed by atoms with Crippen LogP contribution >= 0.6 is 0 Å². The van der Waals surface area contributed by atoms with Crippen LogP contribution in [0.5, 0.6) is 0 Å². The van der Waals surface area contributed by atoms with Gasteiger partial charge >= 0.3 is 5.97 Å². The SMILES string of the molecule is CN1CCN(c2ccccc2C(=O)/C=C/c2cccc(/C=C/C(=O)O)n2)CC1. The van der Waals surface area contributed by atoms with Gasteiger partial charge in [0.2, 0.25) is 0 Å². The molecule has 28 heavy (non-hydrogen) atoms. The number of carbonyl (C=O) groups is 2. The number of allylic oxidation sites excluding steroid dienone is 1. The van der Waals surface area contributed by atoms with E-state index in [-0.39, 0.29) is 5.78 Å². The van der Waals surface area contributed by atoms with Crippen molar-refractivity contribution >= 4 is 29.6 Å². The Labute approximate surface area is 164 Å². The number of para-hydroxylation sites is 1. The van der Waals surface area contributed by atoms with Crippen molar-refractivity contribution in [2.24, 2.45) is 0 Å². The first-order valence-corrected chi connectivity index (χ1v) is 9.16. The summed E-state index contributed by atoms with van der Waals surface area (Å²) in [5.41, 5.74) is 2.74. The molecule has 0 unspecified atom stereocenters. The summed E-state index contributed by atoms with van der Waals surface area (Å²) in [6, 6.07) is 12.9. The molecule has 0 saturated carbocycles. The first-order valence-electron chi connectivity index (χ1n) is 9.16. The molecule has 144 valence electrons. The zero-order valence-electron chi connectivity index (χ0n) is 15.8. The van der Waals surface area contributed by atoms with Crippen molar-refractivity contribution in [2.45, 2.75) is 0 Å². The number of carboxylic acids is 1. The minimum atomic E-state index is -1.03. The van der Waals surface area contributed by atoms with E-state index in [9.17, 15) is 9.59 Å². The zero-order chi connectivity index (χ0) is 19.9. The molecule has 1 aromatic carbocycles. The fourth-order valence-corrected chi connectivity index (χ4v) is 3.07. The minimum absolute atomic E-state index is 0.0807. The number of piperazine rings is 1. The van der Waals surface area contributed by atoms with Gasteiger partial charge in [-0.15, -0.1) is 0 Å². The molecule has 1 aliphatic rings. The standard InChI is InChI=1S/C22H23N3O3/c1-24-13-15-25(16-14-24)20-8-3-2-7-19(20)21(26)11-9-17-5-4-6-18(23-17)10-12-22(27)28/h2-12H,13-16H2,1H3,(H,27,28)/b11-9+,12-10+. The number of carboxylic acid groups (broad SMARTS) is 1. The molecular formula is C22H23N3O3. The van der Waals surface area contributed by atoms with Crippen molar-refractivity contribution < 1.29 is 14.7 Å². The molecule has 2 heterocycles. The van der Waals surface area contributed by atoms with Crippen LogP contribution in [0.15, 0.2) is 54.6 Å². The second kappa shape index (κ2) is 9.10. The van der Waals surface area contributed by atoms with E-state index in [1.165, 1.54) is 12.2 Å². The third-order valence-electron chi connectivity index (χ3n) is 4.61. The van der Waals surface area contributed by atoms with Crippen molar-refractivity contribution in [1.82, 2.24) is 9.88 Å². The van der Waals surface area contributed by atoms with Crippen molar-refractivity contribution in [3.63, 3.8) is 0 Å². The van der Waals surface area contributed by atoms with Gasteiger partial charge in [-0.25, -0.2) is 9.78 Å². The van der Waals surface area contributed by atoms with Crippen molar-refractivity contribution in [3.05, 3.63) is 71.6 Å². The molecule has 1 fully saturated rings. The first-order chi connectivity index (χ1) is 13.5. The highest BCUT2D eigenvalue weighted by Crippen LogP contribution is 2.22. The fraction of sp³-hybridized carbons (Fsp3) is 0.227. The summed E-state index contributed by atoms with van der Waals surface area (Å²) < 4.78 is 0. The van der Waals surface area contributed by atoms with Crippen LogP contribution in [0, 0.1) is 0 Å². The quantitative estimate of drug-likeness (QED) is 0.616. The number of aromatic nitrogens is 1. The molecule has 1 N–H and O–H groups in total. The Morgan fingerprint density at radius 1 is 0.929 bits per heavy atom. The molecule has 1 saturated heterocycles. The van der Waals surface area contributed by atoms with Crippen LogP contribution in [-0.2, 0) is 4.79 Å². The Hall–Kier alpha value is -3.25. The number of likely N-dealkylation sites (N-methyl/N-ethyl adjacent to an activating group) is 1. The summed E-state index contributed by atoms with van der Waals surface area (Å²) in [4.78, 5) is 32.3. The molecule has 1 aromatic heterocycles. The smallest absolute Gasteiger partial charge is 0.328 e.